The molecule has 0 aromatic rings. The van der Waals surface area contributed by atoms with Gasteiger partial charge >= 0.3 is 0 Å². The summed E-state index contributed by atoms with van der Waals surface area (Å²) >= 11 is 0. The SMILES string of the molecule is CCCCS(=O)(=O)N1CCC(S(C)(=O)=O)C1. The first-order valence-corrected chi connectivity index (χ1v) is 9.00. The van der Waals surface area contributed by atoms with Gasteiger partial charge in [0.25, 0.3) is 0 Å². The maximum absolute atomic E-state index is 11.8. The van der Waals surface area contributed by atoms with Crippen LogP contribution in [0, 0.1) is 0 Å². The predicted octanol–water partition coefficient (Wildman–Crippen LogP) is 0.235. The summed E-state index contributed by atoms with van der Waals surface area (Å²) < 4.78 is 47.5. The van der Waals surface area contributed by atoms with Gasteiger partial charge in [0, 0.05) is 19.3 Å². The molecule has 7 heteroatoms. The molecule has 0 aromatic carbocycles. The van der Waals surface area contributed by atoms with Crippen molar-refractivity contribution in [3.05, 3.63) is 0 Å². The molecule has 0 N–H and O–H groups in total. The van der Waals surface area contributed by atoms with Crippen LogP contribution >= 0.6 is 0 Å². The van der Waals surface area contributed by atoms with Crippen LogP contribution < -0.4 is 0 Å². The van der Waals surface area contributed by atoms with Crippen molar-refractivity contribution in [3.8, 4) is 0 Å². The highest BCUT2D eigenvalue weighted by atomic mass is 32.2. The number of unbranched alkanes of at least 4 members (excludes halogenated alkanes) is 1. The van der Waals surface area contributed by atoms with Gasteiger partial charge < -0.3 is 0 Å². The van der Waals surface area contributed by atoms with Crippen molar-refractivity contribution in [2.75, 3.05) is 25.1 Å². The Bertz CT molecular complexity index is 426. The Morgan fingerprint density at radius 3 is 2.31 bits per heavy atom. The van der Waals surface area contributed by atoms with Gasteiger partial charge in [-0.1, -0.05) is 13.3 Å². The maximum atomic E-state index is 11.8. The molecule has 0 amide bonds. The van der Waals surface area contributed by atoms with Gasteiger partial charge in [-0.2, -0.15) is 0 Å². The first kappa shape index (κ1) is 13.9. The van der Waals surface area contributed by atoms with Gasteiger partial charge in [-0.15, -0.1) is 0 Å². The Balaban J connectivity index is 2.66. The Morgan fingerprint density at radius 1 is 1.25 bits per heavy atom. The van der Waals surface area contributed by atoms with E-state index in [0.29, 0.717) is 19.4 Å². The van der Waals surface area contributed by atoms with Crippen LogP contribution in [0.15, 0.2) is 0 Å². The van der Waals surface area contributed by atoms with Crippen LogP contribution in [-0.4, -0.2) is 51.5 Å². The summed E-state index contributed by atoms with van der Waals surface area (Å²) in [6, 6.07) is 0. The standard InChI is InChI=1S/C9H19NO4S2/c1-3-4-7-16(13,14)10-6-5-9(8-10)15(2,11)12/h9H,3-8H2,1-2H3. The molecule has 1 rings (SSSR count). The zero-order valence-corrected chi connectivity index (χ0v) is 11.3. The van der Waals surface area contributed by atoms with Crippen molar-refractivity contribution >= 4 is 19.9 Å². The van der Waals surface area contributed by atoms with E-state index in [9.17, 15) is 16.8 Å². The first-order chi connectivity index (χ1) is 7.27. The van der Waals surface area contributed by atoms with E-state index >= 15 is 0 Å². The largest absolute Gasteiger partial charge is 0.229 e. The summed E-state index contributed by atoms with van der Waals surface area (Å²) in [5.41, 5.74) is 0. The molecule has 1 aliphatic heterocycles. The molecule has 1 aliphatic rings. The van der Waals surface area contributed by atoms with Crippen LogP contribution in [0.1, 0.15) is 26.2 Å². The molecular weight excluding hydrogens is 250 g/mol. The van der Waals surface area contributed by atoms with Gasteiger partial charge in [-0.25, -0.2) is 21.1 Å². The summed E-state index contributed by atoms with van der Waals surface area (Å²) in [5.74, 6) is 0.125. The van der Waals surface area contributed by atoms with E-state index in [-0.39, 0.29) is 12.3 Å². The number of hydrogen-bond acceptors (Lipinski definition) is 4. The number of sulfone groups is 1. The zero-order chi connectivity index (χ0) is 12.4. The molecule has 0 radical (unpaired) electrons. The molecule has 5 nitrogen and oxygen atoms in total. The third-order valence-electron chi connectivity index (χ3n) is 2.86. The minimum Gasteiger partial charge on any atom is -0.229 e. The molecule has 1 unspecified atom stereocenters. The van der Waals surface area contributed by atoms with Gasteiger partial charge in [0.2, 0.25) is 10.0 Å². The zero-order valence-electron chi connectivity index (χ0n) is 9.72. The van der Waals surface area contributed by atoms with Crippen molar-refractivity contribution in [1.82, 2.24) is 4.31 Å². The summed E-state index contributed by atoms with van der Waals surface area (Å²) in [5, 5.41) is -0.524. The lowest BCUT2D eigenvalue weighted by atomic mass is 10.4. The van der Waals surface area contributed by atoms with Crippen molar-refractivity contribution in [3.63, 3.8) is 0 Å². The van der Waals surface area contributed by atoms with Gasteiger partial charge in [-0.3, -0.25) is 0 Å². The Morgan fingerprint density at radius 2 is 1.88 bits per heavy atom. The molecule has 1 fully saturated rings. The van der Waals surface area contributed by atoms with Crippen LogP contribution in [0.4, 0.5) is 0 Å². The quantitative estimate of drug-likeness (QED) is 0.716. The van der Waals surface area contributed by atoms with Crippen molar-refractivity contribution < 1.29 is 16.8 Å². The lowest BCUT2D eigenvalue weighted by Crippen LogP contribution is -2.33. The topological polar surface area (TPSA) is 71.5 Å². The fraction of sp³-hybridized carbons (Fsp3) is 1.00. The molecule has 1 saturated heterocycles. The van der Waals surface area contributed by atoms with Gasteiger partial charge in [0.05, 0.1) is 11.0 Å². The molecule has 0 spiro atoms. The van der Waals surface area contributed by atoms with E-state index in [1.807, 2.05) is 6.92 Å². The number of rotatable bonds is 5. The molecule has 0 aromatic heterocycles. The number of hydrogen-bond donors (Lipinski definition) is 0. The third-order valence-corrected chi connectivity index (χ3v) is 6.38. The lowest BCUT2D eigenvalue weighted by molar-refractivity contribution is 0.475. The lowest BCUT2D eigenvalue weighted by Gasteiger charge is -2.15. The van der Waals surface area contributed by atoms with E-state index in [1.165, 1.54) is 10.6 Å². The molecule has 96 valence electrons. The molecular formula is C9H19NO4S2. The highest BCUT2D eigenvalue weighted by Gasteiger charge is 2.35. The summed E-state index contributed by atoms with van der Waals surface area (Å²) in [4.78, 5) is 0. The average molecular weight is 269 g/mol. The van der Waals surface area contributed by atoms with E-state index in [0.717, 1.165) is 6.42 Å². The van der Waals surface area contributed by atoms with Gasteiger partial charge in [-0.05, 0) is 12.8 Å². The number of sulfonamides is 1. The van der Waals surface area contributed by atoms with E-state index < -0.39 is 25.1 Å². The predicted molar refractivity (Wildman–Crippen MR) is 63.5 cm³/mol. The first-order valence-electron chi connectivity index (χ1n) is 5.44. The molecule has 16 heavy (non-hydrogen) atoms. The van der Waals surface area contributed by atoms with Gasteiger partial charge in [0.15, 0.2) is 9.84 Å². The fourth-order valence-electron chi connectivity index (χ4n) is 1.76. The molecule has 0 aliphatic carbocycles. The van der Waals surface area contributed by atoms with Gasteiger partial charge in [0.1, 0.15) is 0 Å². The second-order valence-corrected chi connectivity index (χ2v) is 8.68. The number of nitrogens with zero attached hydrogens (tertiary/aromatic N) is 1. The van der Waals surface area contributed by atoms with Crippen molar-refractivity contribution in [2.24, 2.45) is 0 Å². The molecule has 0 bridgehead atoms. The van der Waals surface area contributed by atoms with Crippen molar-refractivity contribution in [2.45, 2.75) is 31.4 Å². The average Bonchev–Trinajstić information content (AvgIpc) is 2.63. The van der Waals surface area contributed by atoms with E-state index in [1.54, 1.807) is 0 Å². The molecule has 1 heterocycles. The summed E-state index contributed by atoms with van der Waals surface area (Å²) in [6.07, 6.45) is 3.04. The van der Waals surface area contributed by atoms with Crippen LogP contribution in [0.3, 0.4) is 0 Å². The highest BCUT2D eigenvalue weighted by molar-refractivity contribution is 7.91. The second kappa shape index (κ2) is 5.01. The molecule has 1 atom stereocenters. The minimum absolute atomic E-state index is 0.125. The van der Waals surface area contributed by atoms with Crippen molar-refractivity contribution in [1.29, 1.82) is 0 Å². The summed E-state index contributed by atoms with van der Waals surface area (Å²) in [7, 11) is -6.37. The summed E-state index contributed by atoms with van der Waals surface area (Å²) in [6.45, 7) is 2.40. The van der Waals surface area contributed by atoms with E-state index in [4.69, 9.17) is 0 Å². The monoisotopic (exact) mass is 269 g/mol. The maximum Gasteiger partial charge on any atom is 0.214 e. The normalized spacial score (nSPS) is 23.8. The molecule has 0 saturated carbocycles. The smallest absolute Gasteiger partial charge is 0.214 e. The fourth-order valence-corrected chi connectivity index (χ4v) is 4.54. The van der Waals surface area contributed by atoms with Crippen LogP contribution in [0.5, 0.6) is 0 Å². The minimum atomic E-state index is -3.25. The Hall–Kier alpha value is -0.140. The Labute approximate surface area is 97.8 Å². The second-order valence-electron chi connectivity index (χ2n) is 4.27. The van der Waals surface area contributed by atoms with E-state index in [2.05, 4.69) is 0 Å². The van der Waals surface area contributed by atoms with Crippen LogP contribution in [0.2, 0.25) is 0 Å². The van der Waals surface area contributed by atoms with Crippen LogP contribution in [-0.2, 0) is 19.9 Å². The highest BCUT2D eigenvalue weighted by Crippen LogP contribution is 2.20. The Kier molecular flexibility index (Phi) is 4.36. The van der Waals surface area contributed by atoms with Crippen LogP contribution in [0.25, 0.3) is 0 Å². The third kappa shape index (κ3) is 3.43.